The van der Waals surface area contributed by atoms with Gasteiger partial charge in [-0.3, -0.25) is 4.79 Å². The molecule has 0 spiro atoms. The minimum absolute atomic E-state index is 0.123. The predicted octanol–water partition coefficient (Wildman–Crippen LogP) is 2.51. The lowest BCUT2D eigenvalue weighted by Crippen LogP contribution is -2.45. The van der Waals surface area contributed by atoms with Crippen LogP contribution in [0.2, 0.25) is 0 Å². The van der Waals surface area contributed by atoms with Gasteiger partial charge in [-0.2, -0.15) is 0 Å². The summed E-state index contributed by atoms with van der Waals surface area (Å²) in [4.78, 5) is 11.3. The fourth-order valence-electron chi connectivity index (χ4n) is 3.87. The molecule has 0 heterocycles. The summed E-state index contributed by atoms with van der Waals surface area (Å²) in [5.41, 5.74) is 0. The zero-order valence-corrected chi connectivity index (χ0v) is 11.0. The van der Waals surface area contributed by atoms with Crippen molar-refractivity contribution < 1.29 is 9.90 Å². The fourth-order valence-corrected chi connectivity index (χ4v) is 3.87. The lowest BCUT2D eigenvalue weighted by atomic mass is 9.84. The van der Waals surface area contributed by atoms with E-state index in [1.54, 1.807) is 0 Å². The molecule has 2 aliphatic carbocycles. The predicted molar refractivity (Wildman–Crippen MR) is 67.8 cm³/mol. The van der Waals surface area contributed by atoms with Crippen LogP contribution in [0.1, 0.15) is 46.0 Å². The summed E-state index contributed by atoms with van der Waals surface area (Å²) in [5, 5.41) is 12.9. The Labute approximate surface area is 104 Å². The highest BCUT2D eigenvalue weighted by Crippen LogP contribution is 2.48. The van der Waals surface area contributed by atoms with Gasteiger partial charge in [0.1, 0.15) is 0 Å². The molecule has 2 fully saturated rings. The lowest BCUT2D eigenvalue weighted by Gasteiger charge is -2.30. The van der Waals surface area contributed by atoms with Gasteiger partial charge in [0.25, 0.3) is 0 Å². The number of hydrogen-bond acceptors (Lipinski definition) is 2. The third-order valence-corrected chi connectivity index (χ3v) is 4.69. The zero-order valence-electron chi connectivity index (χ0n) is 11.0. The summed E-state index contributed by atoms with van der Waals surface area (Å²) >= 11 is 0. The number of carbonyl (C=O) groups is 1. The van der Waals surface area contributed by atoms with Crippen LogP contribution < -0.4 is 5.32 Å². The third kappa shape index (κ3) is 2.65. The lowest BCUT2D eigenvalue weighted by molar-refractivity contribution is -0.144. The van der Waals surface area contributed by atoms with Gasteiger partial charge in [0.05, 0.1) is 5.92 Å². The fraction of sp³-hybridized carbons (Fsp3) is 0.929. The Hall–Kier alpha value is -0.570. The maximum atomic E-state index is 11.3. The molecule has 17 heavy (non-hydrogen) atoms. The second kappa shape index (κ2) is 5.38. The van der Waals surface area contributed by atoms with Crippen molar-refractivity contribution in [1.29, 1.82) is 0 Å². The topological polar surface area (TPSA) is 49.3 Å². The number of carboxylic acid groups (broad SMARTS) is 1. The van der Waals surface area contributed by atoms with E-state index in [9.17, 15) is 9.90 Å². The Morgan fingerprint density at radius 3 is 2.76 bits per heavy atom. The van der Waals surface area contributed by atoms with Crippen molar-refractivity contribution in [2.75, 3.05) is 6.54 Å². The van der Waals surface area contributed by atoms with Gasteiger partial charge in [-0.15, -0.1) is 0 Å². The van der Waals surface area contributed by atoms with Crippen molar-refractivity contribution in [2.45, 2.75) is 52.0 Å². The largest absolute Gasteiger partial charge is 0.481 e. The molecule has 2 saturated carbocycles. The van der Waals surface area contributed by atoms with E-state index in [1.807, 2.05) is 0 Å². The van der Waals surface area contributed by atoms with Gasteiger partial charge in [0.15, 0.2) is 0 Å². The standard InChI is InChI=1S/C14H25NO2/c1-3-4-9(2)8-15-13-11-6-5-10(7-11)12(13)14(16)17/h9-13,15H,3-8H2,1-2H3,(H,16,17). The number of nitrogens with one attached hydrogen (secondary N) is 1. The van der Waals surface area contributed by atoms with Crippen molar-refractivity contribution >= 4 is 5.97 Å². The molecule has 0 aromatic heterocycles. The van der Waals surface area contributed by atoms with Crippen LogP contribution in [0.5, 0.6) is 0 Å². The SMILES string of the molecule is CCCC(C)CNC1C2CCC(C2)C1C(=O)O. The van der Waals surface area contributed by atoms with Gasteiger partial charge < -0.3 is 10.4 Å². The molecule has 2 N–H and O–H groups in total. The van der Waals surface area contributed by atoms with Crippen LogP contribution >= 0.6 is 0 Å². The first-order valence-corrected chi connectivity index (χ1v) is 7.09. The second-order valence-electron chi connectivity index (χ2n) is 6.03. The Balaban J connectivity index is 1.88. The van der Waals surface area contributed by atoms with E-state index in [0.29, 0.717) is 17.8 Å². The Bertz CT molecular complexity index is 279. The second-order valence-corrected chi connectivity index (χ2v) is 6.03. The molecule has 0 amide bonds. The van der Waals surface area contributed by atoms with Crippen LogP contribution in [-0.2, 0) is 4.79 Å². The highest BCUT2D eigenvalue weighted by Gasteiger charge is 2.50. The normalized spacial score (nSPS) is 37.3. The van der Waals surface area contributed by atoms with E-state index in [2.05, 4.69) is 19.2 Å². The molecule has 0 aromatic rings. The average Bonchev–Trinajstić information content (AvgIpc) is 2.86. The van der Waals surface area contributed by atoms with Gasteiger partial charge >= 0.3 is 5.97 Å². The molecule has 2 bridgehead atoms. The van der Waals surface area contributed by atoms with Crippen molar-refractivity contribution in [3.8, 4) is 0 Å². The highest BCUT2D eigenvalue weighted by molar-refractivity contribution is 5.72. The van der Waals surface area contributed by atoms with Gasteiger partial charge in [-0.05, 0) is 50.0 Å². The van der Waals surface area contributed by atoms with Gasteiger partial charge in [-0.1, -0.05) is 20.3 Å². The van der Waals surface area contributed by atoms with Crippen LogP contribution in [-0.4, -0.2) is 23.7 Å². The molecule has 5 atom stereocenters. The van der Waals surface area contributed by atoms with E-state index in [4.69, 9.17) is 0 Å². The quantitative estimate of drug-likeness (QED) is 0.748. The van der Waals surface area contributed by atoms with Crippen molar-refractivity contribution in [1.82, 2.24) is 5.32 Å². The monoisotopic (exact) mass is 239 g/mol. The van der Waals surface area contributed by atoms with Crippen molar-refractivity contribution in [2.24, 2.45) is 23.7 Å². The summed E-state index contributed by atoms with van der Waals surface area (Å²) < 4.78 is 0. The molecular weight excluding hydrogens is 214 g/mol. The summed E-state index contributed by atoms with van der Waals surface area (Å²) in [6.07, 6.45) is 5.93. The molecular formula is C14H25NO2. The first kappa shape index (κ1) is 12.9. The van der Waals surface area contributed by atoms with Crippen LogP contribution in [0.4, 0.5) is 0 Å². The first-order chi connectivity index (χ1) is 8.13. The molecule has 98 valence electrons. The highest BCUT2D eigenvalue weighted by atomic mass is 16.4. The average molecular weight is 239 g/mol. The molecule has 2 aliphatic rings. The zero-order chi connectivity index (χ0) is 12.4. The van der Waals surface area contributed by atoms with E-state index >= 15 is 0 Å². The number of carboxylic acids is 1. The minimum Gasteiger partial charge on any atom is -0.481 e. The maximum Gasteiger partial charge on any atom is 0.308 e. The van der Waals surface area contributed by atoms with E-state index < -0.39 is 5.97 Å². The number of aliphatic carboxylic acids is 1. The van der Waals surface area contributed by atoms with Crippen LogP contribution in [0.3, 0.4) is 0 Å². The summed E-state index contributed by atoms with van der Waals surface area (Å²) in [7, 11) is 0. The Morgan fingerprint density at radius 1 is 1.41 bits per heavy atom. The molecule has 3 heteroatoms. The Morgan fingerprint density at radius 2 is 2.12 bits per heavy atom. The molecule has 0 aromatic carbocycles. The smallest absolute Gasteiger partial charge is 0.308 e. The molecule has 2 rings (SSSR count). The van der Waals surface area contributed by atoms with Crippen LogP contribution in [0.25, 0.3) is 0 Å². The molecule has 0 saturated heterocycles. The van der Waals surface area contributed by atoms with Crippen LogP contribution in [0.15, 0.2) is 0 Å². The number of rotatable bonds is 6. The van der Waals surface area contributed by atoms with E-state index in [0.717, 1.165) is 19.4 Å². The van der Waals surface area contributed by atoms with E-state index in [-0.39, 0.29) is 12.0 Å². The maximum absolute atomic E-state index is 11.3. The third-order valence-electron chi connectivity index (χ3n) is 4.69. The molecule has 5 unspecified atom stereocenters. The summed E-state index contributed by atoms with van der Waals surface area (Å²) in [6, 6.07) is 0.241. The minimum atomic E-state index is -0.585. The summed E-state index contributed by atoms with van der Waals surface area (Å²) in [5.74, 6) is 1.01. The Kier molecular flexibility index (Phi) is 4.08. The molecule has 0 radical (unpaired) electrons. The van der Waals surface area contributed by atoms with Crippen LogP contribution in [0, 0.1) is 23.7 Å². The van der Waals surface area contributed by atoms with Gasteiger partial charge in [0, 0.05) is 6.04 Å². The van der Waals surface area contributed by atoms with Gasteiger partial charge in [0.2, 0.25) is 0 Å². The van der Waals surface area contributed by atoms with Gasteiger partial charge in [-0.25, -0.2) is 0 Å². The molecule has 0 aliphatic heterocycles. The summed E-state index contributed by atoms with van der Waals surface area (Å²) in [6.45, 7) is 5.43. The molecule has 3 nitrogen and oxygen atoms in total. The van der Waals surface area contributed by atoms with E-state index in [1.165, 1.54) is 19.3 Å². The van der Waals surface area contributed by atoms with Crippen molar-refractivity contribution in [3.63, 3.8) is 0 Å². The number of hydrogen-bond donors (Lipinski definition) is 2. The van der Waals surface area contributed by atoms with Crippen molar-refractivity contribution in [3.05, 3.63) is 0 Å². The first-order valence-electron chi connectivity index (χ1n) is 7.09. The number of fused-ring (bicyclic) bond motifs is 2.